The minimum Gasteiger partial charge on any atom is -0.358 e. The molecule has 0 unspecified atom stereocenters. The van der Waals surface area contributed by atoms with E-state index in [0.29, 0.717) is 0 Å². The highest BCUT2D eigenvalue weighted by Crippen LogP contribution is 2.28. The van der Waals surface area contributed by atoms with Crippen molar-refractivity contribution in [3.8, 4) is 34.7 Å². The summed E-state index contributed by atoms with van der Waals surface area (Å²) in [6, 6.07) is 6.89. The van der Waals surface area contributed by atoms with Gasteiger partial charge in [0.2, 0.25) is 5.69 Å². The molecule has 0 aliphatic carbocycles. The summed E-state index contributed by atoms with van der Waals surface area (Å²) in [5.41, 5.74) is -0.367. The van der Waals surface area contributed by atoms with Gasteiger partial charge in [0.05, 0.1) is 0 Å². The molecule has 0 saturated carbocycles. The number of rotatable bonds is 2. The molecule has 0 radical (unpaired) electrons. The molecular formula is C12H3FN6O3. The average Bonchev–Trinajstić information content (AvgIpc) is 3.12. The number of hydrogen-bond acceptors (Lipinski definition) is 8. The first-order valence-corrected chi connectivity index (χ1v) is 5.68. The van der Waals surface area contributed by atoms with Crippen molar-refractivity contribution in [2.75, 3.05) is 0 Å². The monoisotopic (exact) mass is 298 g/mol. The van der Waals surface area contributed by atoms with Crippen LogP contribution in [0.25, 0.3) is 22.5 Å². The van der Waals surface area contributed by atoms with E-state index in [4.69, 9.17) is 10.5 Å². The summed E-state index contributed by atoms with van der Waals surface area (Å²) in [6.07, 6.45) is 0. The van der Waals surface area contributed by atoms with Gasteiger partial charge in [-0.2, -0.15) is 10.5 Å². The number of halogens is 1. The summed E-state index contributed by atoms with van der Waals surface area (Å²) in [4.78, 5) is -0.0850. The van der Waals surface area contributed by atoms with Crippen molar-refractivity contribution in [3.05, 3.63) is 40.6 Å². The van der Waals surface area contributed by atoms with Crippen LogP contribution in [0.3, 0.4) is 0 Å². The van der Waals surface area contributed by atoms with Gasteiger partial charge in [-0.25, -0.2) is 9.02 Å². The number of benzene rings is 1. The Labute approximate surface area is 120 Å². The van der Waals surface area contributed by atoms with Gasteiger partial charge in [0, 0.05) is 16.3 Å². The fraction of sp³-hybridized carbons (Fsp3) is 0. The van der Waals surface area contributed by atoms with Crippen LogP contribution in [0, 0.1) is 33.7 Å². The molecule has 9 nitrogen and oxygen atoms in total. The summed E-state index contributed by atoms with van der Waals surface area (Å²) in [7, 11) is 0. The van der Waals surface area contributed by atoms with E-state index in [-0.39, 0.29) is 33.1 Å². The van der Waals surface area contributed by atoms with Crippen LogP contribution in [-0.2, 0) is 0 Å². The van der Waals surface area contributed by atoms with E-state index in [1.807, 2.05) is 0 Å². The van der Waals surface area contributed by atoms with Crippen LogP contribution in [0.1, 0.15) is 11.4 Å². The van der Waals surface area contributed by atoms with Gasteiger partial charge in [-0.3, -0.25) is 4.63 Å². The first-order valence-electron chi connectivity index (χ1n) is 5.68. The topological polar surface area (TPSA) is 139 Å². The number of hydrogen-bond donors (Lipinski definition) is 0. The van der Waals surface area contributed by atoms with Crippen molar-refractivity contribution in [2.24, 2.45) is 0 Å². The van der Waals surface area contributed by atoms with E-state index in [2.05, 4.69) is 24.7 Å². The van der Waals surface area contributed by atoms with Gasteiger partial charge in [-0.15, -0.1) is 0 Å². The Morgan fingerprint density at radius 1 is 1.05 bits per heavy atom. The van der Waals surface area contributed by atoms with E-state index >= 15 is 0 Å². The first-order chi connectivity index (χ1) is 10.6. The second kappa shape index (κ2) is 4.96. The summed E-state index contributed by atoms with van der Waals surface area (Å²) in [6.45, 7) is 0. The van der Waals surface area contributed by atoms with Crippen LogP contribution in [-0.4, -0.2) is 15.5 Å². The maximum absolute atomic E-state index is 13.8. The minimum absolute atomic E-state index is 0.0280. The van der Waals surface area contributed by atoms with Crippen molar-refractivity contribution in [3.63, 3.8) is 0 Å². The van der Waals surface area contributed by atoms with E-state index in [0.717, 1.165) is 12.1 Å². The van der Waals surface area contributed by atoms with Crippen LogP contribution in [0.2, 0.25) is 0 Å². The fourth-order valence-electron chi connectivity index (χ4n) is 1.85. The van der Waals surface area contributed by atoms with Gasteiger partial charge in [-0.1, -0.05) is 0 Å². The third-order valence-corrected chi connectivity index (χ3v) is 2.76. The van der Waals surface area contributed by atoms with E-state index in [9.17, 15) is 9.60 Å². The number of aromatic nitrogens is 4. The summed E-state index contributed by atoms with van der Waals surface area (Å²) in [5, 5.41) is 39.4. The molecule has 3 aromatic rings. The standard InChI is InChI=1S/C12H3FN6O3/c13-8-2-6(11-9(4-14)16-21-17-11)1-7(3-8)12-10(5-15)19(20)22-18-12/h1-3H. The van der Waals surface area contributed by atoms with Gasteiger partial charge in [0.25, 0.3) is 5.69 Å². The number of nitriles is 2. The lowest BCUT2D eigenvalue weighted by Crippen LogP contribution is -2.26. The van der Waals surface area contributed by atoms with E-state index in [1.54, 1.807) is 12.1 Å². The lowest BCUT2D eigenvalue weighted by molar-refractivity contribution is -0.804. The molecular weight excluding hydrogens is 295 g/mol. The maximum atomic E-state index is 13.8. The van der Waals surface area contributed by atoms with Gasteiger partial charge in [0.1, 0.15) is 11.9 Å². The zero-order valence-corrected chi connectivity index (χ0v) is 10.5. The normalized spacial score (nSPS) is 10.1. The van der Waals surface area contributed by atoms with Crippen molar-refractivity contribution in [1.82, 2.24) is 15.5 Å². The molecule has 0 saturated heterocycles. The SMILES string of the molecule is N#Cc1nonc1-c1cc(F)cc(-c2no[n+]([O-])c2C#N)c1. The highest BCUT2D eigenvalue weighted by Gasteiger charge is 2.23. The molecule has 2 heterocycles. The highest BCUT2D eigenvalue weighted by atomic mass is 19.1. The molecule has 0 N–H and O–H groups in total. The molecule has 10 heteroatoms. The summed E-state index contributed by atoms with van der Waals surface area (Å²) >= 11 is 0. The van der Waals surface area contributed by atoms with Crippen LogP contribution >= 0.6 is 0 Å². The number of nitrogens with zero attached hydrogens (tertiary/aromatic N) is 6. The Morgan fingerprint density at radius 3 is 2.45 bits per heavy atom. The second-order valence-corrected chi connectivity index (χ2v) is 4.04. The molecule has 0 bridgehead atoms. The Balaban J connectivity index is 2.20. The lowest BCUT2D eigenvalue weighted by Gasteiger charge is -1.99. The third kappa shape index (κ3) is 2.01. The summed E-state index contributed by atoms with van der Waals surface area (Å²) < 4.78 is 22.6. The zero-order valence-electron chi connectivity index (χ0n) is 10.5. The quantitative estimate of drug-likeness (QED) is 0.636. The molecule has 0 atom stereocenters. The smallest absolute Gasteiger partial charge is 0.302 e. The Hall–Kier alpha value is -3.79. The highest BCUT2D eigenvalue weighted by molar-refractivity contribution is 5.72. The predicted molar refractivity (Wildman–Crippen MR) is 63.6 cm³/mol. The molecule has 2 aromatic heterocycles. The molecule has 1 aromatic carbocycles. The average molecular weight is 298 g/mol. The molecule has 0 fully saturated rings. The Kier molecular flexibility index (Phi) is 2.97. The first kappa shape index (κ1) is 13.2. The fourth-order valence-corrected chi connectivity index (χ4v) is 1.85. The molecule has 0 amide bonds. The van der Waals surface area contributed by atoms with Crippen LogP contribution in [0.15, 0.2) is 27.5 Å². The largest absolute Gasteiger partial charge is 0.358 e. The molecule has 0 aliphatic heterocycles. The second-order valence-electron chi connectivity index (χ2n) is 4.04. The van der Waals surface area contributed by atoms with Crippen LogP contribution < -0.4 is 4.90 Å². The predicted octanol–water partition coefficient (Wildman–Crippen LogP) is 0.907. The molecule has 0 spiro atoms. The van der Waals surface area contributed by atoms with E-state index in [1.165, 1.54) is 6.07 Å². The lowest BCUT2D eigenvalue weighted by atomic mass is 10.0. The van der Waals surface area contributed by atoms with Gasteiger partial charge in [0.15, 0.2) is 11.8 Å². The van der Waals surface area contributed by atoms with Gasteiger partial charge >= 0.3 is 5.69 Å². The minimum atomic E-state index is -0.691. The van der Waals surface area contributed by atoms with Crippen LogP contribution in [0.5, 0.6) is 0 Å². The molecule has 106 valence electrons. The van der Waals surface area contributed by atoms with Crippen molar-refractivity contribution in [2.45, 2.75) is 0 Å². The van der Waals surface area contributed by atoms with Gasteiger partial charge in [-0.05, 0) is 33.4 Å². The summed E-state index contributed by atoms with van der Waals surface area (Å²) in [5.74, 6) is -0.691. The zero-order chi connectivity index (χ0) is 15.7. The van der Waals surface area contributed by atoms with Gasteiger partial charge < -0.3 is 5.21 Å². The molecule has 22 heavy (non-hydrogen) atoms. The molecule has 3 rings (SSSR count). The Bertz CT molecular complexity index is 949. The van der Waals surface area contributed by atoms with Crippen molar-refractivity contribution < 1.29 is 18.6 Å². The van der Waals surface area contributed by atoms with Crippen molar-refractivity contribution >= 4 is 0 Å². The van der Waals surface area contributed by atoms with Crippen molar-refractivity contribution in [1.29, 1.82) is 10.5 Å². The molecule has 0 aliphatic rings. The maximum Gasteiger partial charge on any atom is 0.302 e. The van der Waals surface area contributed by atoms with E-state index < -0.39 is 11.5 Å². The Morgan fingerprint density at radius 2 is 1.77 bits per heavy atom. The van der Waals surface area contributed by atoms with Crippen LogP contribution in [0.4, 0.5) is 4.39 Å². The third-order valence-electron chi connectivity index (χ3n) is 2.76.